The van der Waals surface area contributed by atoms with Crippen molar-refractivity contribution in [1.29, 1.82) is 0 Å². The molecule has 0 aromatic heterocycles. The molecule has 2 amide bonds. The first-order chi connectivity index (χ1) is 6.88. The third-order valence-electron chi connectivity index (χ3n) is 1.84. The first-order valence-electron chi connectivity index (χ1n) is 4.81. The highest BCUT2D eigenvalue weighted by Gasteiger charge is 2.17. The Morgan fingerprint density at radius 1 is 1.53 bits per heavy atom. The third kappa shape index (κ3) is 5.05. The van der Waals surface area contributed by atoms with Gasteiger partial charge in [-0.3, -0.25) is 4.79 Å². The molecule has 0 rings (SSSR count). The summed E-state index contributed by atoms with van der Waals surface area (Å²) in [5.74, 6) is -1.05. The van der Waals surface area contributed by atoms with Crippen LogP contribution in [0.3, 0.4) is 0 Å². The van der Waals surface area contributed by atoms with E-state index in [9.17, 15) is 9.59 Å². The van der Waals surface area contributed by atoms with E-state index in [1.54, 1.807) is 0 Å². The molecule has 0 aromatic rings. The molecule has 1 atom stereocenters. The summed E-state index contributed by atoms with van der Waals surface area (Å²) in [6, 6.07) is -1.26. The average molecular weight is 214 g/mol. The van der Waals surface area contributed by atoms with Crippen molar-refractivity contribution < 1.29 is 14.7 Å². The molecule has 15 heavy (non-hydrogen) atoms. The minimum Gasteiger partial charge on any atom is -0.480 e. The van der Waals surface area contributed by atoms with Gasteiger partial charge in [-0.2, -0.15) is 0 Å². The van der Waals surface area contributed by atoms with Crippen LogP contribution >= 0.6 is 0 Å². The summed E-state index contributed by atoms with van der Waals surface area (Å²) >= 11 is 0. The lowest BCUT2D eigenvalue weighted by atomic mass is 10.3. The number of rotatable bonds is 5. The zero-order chi connectivity index (χ0) is 12.0. The summed E-state index contributed by atoms with van der Waals surface area (Å²) in [5.41, 5.74) is 0.856. The normalized spacial score (nSPS) is 11.7. The molecule has 0 fully saturated rings. The molecule has 0 radical (unpaired) electrons. The van der Waals surface area contributed by atoms with E-state index in [1.807, 2.05) is 13.8 Å². The number of carboxylic acid groups (broad SMARTS) is 1. The molecule has 0 saturated heterocycles. The maximum absolute atomic E-state index is 11.5. The average Bonchev–Trinajstić information content (AvgIpc) is 2.13. The Morgan fingerprint density at radius 3 is 2.40 bits per heavy atom. The highest BCUT2D eigenvalue weighted by Crippen LogP contribution is 1.97. The van der Waals surface area contributed by atoms with Gasteiger partial charge in [0.05, 0.1) is 0 Å². The van der Waals surface area contributed by atoms with Gasteiger partial charge in [-0.25, -0.2) is 4.79 Å². The van der Waals surface area contributed by atoms with Crippen LogP contribution < -0.4 is 5.32 Å². The van der Waals surface area contributed by atoms with Crippen molar-refractivity contribution in [3.8, 4) is 0 Å². The Bertz CT molecular complexity index is 263. The van der Waals surface area contributed by atoms with Crippen molar-refractivity contribution in [1.82, 2.24) is 10.2 Å². The van der Waals surface area contributed by atoms with E-state index in [1.165, 1.54) is 11.8 Å². The fourth-order valence-electron chi connectivity index (χ4n) is 0.991. The predicted molar refractivity (Wildman–Crippen MR) is 57.7 cm³/mol. The molecule has 0 unspecified atom stereocenters. The van der Waals surface area contributed by atoms with E-state index < -0.39 is 12.0 Å². The third-order valence-corrected chi connectivity index (χ3v) is 1.84. The number of urea groups is 1. The number of nitrogens with zero attached hydrogens (tertiary/aromatic N) is 1. The van der Waals surface area contributed by atoms with Crippen LogP contribution in [0.15, 0.2) is 12.2 Å². The van der Waals surface area contributed by atoms with Crippen molar-refractivity contribution in [2.75, 3.05) is 13.1 Å². The Balaban J connectivity index is 4.27. The van der Waals surface area contributed by atoms with Gasteiger partial charge in [0.25, 0.3) is 0 Å². The fourth-order valence-corrected chi connectivity index (χ4v) is 0.991. The van der Waals surface area contributed by atoms with Crippen LogP contribution in [0.1, 0.15) is 20.8 Å². The van der Waals surface area contributed by atoms with E-state index in [2.05, 4.69) is 11.9 Å². The van der Waals surface area contributed by atoms with Gasteiger partial charge in [-0.15, -0.1) is 0 Å². The zero-order valence-electron chi connectivity index (χ0n) is 9.41. The number of likely N-dealkylation sites (N-methyl/N-ethyl adjacent to an activating group) is 1. The van der Waals surface area contributed by atoms with Crippen LogP contribution in [0.4, 0.5) is 4.79 Å². The first kappa shape index (κ1) is 13.5. The van der Waals surface area contributed by atoms with E-state index in [4.69, 9.17) is 5.11 Å². The number of hydrogen-bond acceptors (Lipinski definition) is 2. The summed E-state index contributed by atoms with van der Waals surface area (Å²) in [6.45, 7) is 9.73. The van der Waals surface area contributed by atoms with Crippen molar-refractivity contribution in [2.45, 2.75) is 26.8 Å². The Kier molecular flexibility index (Phi) is 5.44. The first-order valence-corrected chi connectivity index (χ1v) is 4.81. The van der Waals surface area contributed by atoms with Gasteiger partial charge in [0.1, 0.15) is 6.04 Å². The summed E-state index contributed by atoms with van der Waals surface area (Å²) in [4.78, 5) is 23.6. The minimum atomic E-state index is -1.05. The van der Waals surface area contributed by atoms with Crippen LogP contribution in [0, 0.1) is 0 Å². The monoisotopic (exact) mass is 214 g/mol. The molecule has 5 nitrogen and oxygen atoms in total. The molecule has 0 bridgehead atoms. The van der Waals surface area contributed by atoms with Crippen molar-refractivity contribution in [3.05, 3.63) is 12.2 Å². The highest BCUT2D eigenvalue weighted by atomic mass is 16.4. The van der Waals surface area contributed by atoms with Gasteiger partial charge in [0.15, 0.2) is 0 Å². The molecule has 0 saturated carbocycles. The SMILES string of the molecule is C=C(C)CN(CC)C(=O)N[C@H](C)C(=O)O. The summed E-state index contributed by atoms with van der Waals surface area (Å²) in [5, 5.41) is 11.0. The minimum absolute atomic E-state index is 0.379. The van der Waals surface area contributed by atoms with Crippen molar-refractivity contribution in [2.24, 2.45) is 0 Å². The van der Waals surface area contributed by atoms with Gasteiger partial charge < -0.3 is 15.3 Å². The molecule has 0 aliphatic carbocycles. The molecular weight excluding hydrogens is 196 g/mol. The van der Waals surface area contributed by atoms with Crippen molar-refractivity contribution in [3.63, 3.8) is 0 Å². The van der Waals surface area contributed by atoms with Crippen LogP contribution in [-0.2, 0) is 4.79 Å². The van der Waals surface area contributed by atoms with Crippen LogP contribution in [0.25, 0.3) is 0 Å². The maximum Gasteiger partial charge on any atom is 0.325 e. The molecule has 0 aliphatic rings. The standard InChI is InChI=1S/C10H18N2O3/c1-5-12(6-7(2)3)10(15)11-8(4)9(13)14/h8H,2,5-6H2,1,3-4H3,(H,11,15)(H,13,14)/t8-/m1/s1. The number of carbonyl (C=O) groups excluding carboxylic acids is 1. The molecule has 86 valence electrons. The topological polar surface area (TPSA) is 69.6 Å². The lowest BCUT2D eigenvalue weighted by Crippen LogP contribution is -2.47. The lowest BCUT2D eigenvalue weighted by Gasteiger charge is -2.22. The quantitative estimate of drug-likeness (QED) is 0.672. The largest absolute Gasteiger partial charge is 0.480 e. The van der Waals surface area contributed by atoms with Gasteiger partial charge in [-0.1, -0.05) is 12.2 Å². The Morgan fingerprint density at radius 2 is 2.07 bits per heavy atom. The number of hydrogen-bond donors (Lipinski definition) is 2. The second kappa shape index (κ2) is 6.06. The van der Waals surface area contributed by atoms with Crippen LogP contribution in [-0.4, -0.2) is 41.1 Å². The Labute approximate surface area is 89.8 Å². The molecule has 5 heteroatoms. The van der Waals surface area contributed by atoms with Crippen LogP contribution in [0.2, 0.25) is 0 Å². The predicted octanol–water partition coefficient (Wildman–Crippen LogP) is 1.07. The van der Waals surface area contributed by atoms with Crippen LogP contribution in [0.5, 0.6) is 0 Å². The summed E-state index contributed by atoms with van der Waals surface area (Å²) < 4.78 is 0. The molecular formula is C10H18N2O3. The molecule has 0 aromatic carbocycles. The lowest BCUT2D eigenvalue weighted by molar-refractivity contribution is -0.138. The number of amides is 2. The summed E-state index contributed by atoms with van der Waals surface area (Å²) in [7, 11) is 0. The molecule has 0 spiro atoms. The van der Waals surface area contributed by atoms with Gasteiger partial charge >= 0.3 is 12.0 Å². The highest BCUT2D eigenvalue weighted by molar-refractivity contribution is 5.82. The fraction of sp³-hybridized carbons (Fsp3) is 0.600. The van der Waals surface area contributed by atoms with Crippen molar-refractivity contribution >= 4 is 12.0 Å². The zero-order valence-corrected chi connectivity index (χ0v) is 9.41. The number of nitrogens with one attached hydrogen (secondary N) is 1. The van der Waals surface area contributed by atoms with Gasteiger partial charge in [0, 0.05) is 13.1 Å². The van der Waals surface area contributed by atoms with E-state index >= 15 is 0 Å². The molecule has 0 heterocycles. The Hall–Kier alpha value is -1.52. The smallest absolute Gasteiger partial charge is 0.325 e. The van der Waals surface area contributed by atoms with E-state index in [0.717, 1.165) is 5.57 Å². The number of carbonyl (C=O) groups is 2. The number of carboxylic acids is 1. The molecule has 2 N–H and O–H groups in total. The maximum atomic E-state index is 11.5. The van der Waals surface area contributed by atoms with Gasteiger partial charge in [-0.05, 0) is 20.8 Å². The van der Waals surface area contributed by atoms with E-state index in [0.29, 0.717) is 13.1 Å². The van der Waals surface area contributed by atoms with E-state index in [-0.39, 0.29) is 6.03 Å². The molecule has 0 aliphatic heterocycles. The van der Waals surface area contributed by atoms with Gasteiger partial charge in [0.2, 0.25) is 0 Å². The second-order valence-electron chi connectivity index (χ2n) is 3.48. The second-order valence-corrected chi connectivity index (χ2v) is 3.48. The summed E-state index contributed by atoms with van der Waals surface area (Å²) in [6.07, 6.45) is 0. The number of aliphatic carboxylic acids is 1.